The molecule has 0 bridgehead atoms. The highest BCUT2D eigenvalue weighted by molar-refractivity contribution is 9.10. The molecule has 0 unspecified atom stereocenters. The third kappa shape index (κ3) is 3.40. The van der Waals surface area contributed by atoms with Gasteiger partial charge in [-0.1, -0.05) is 0 Å². The number of thiophene rings is 1. The Morgan fingerprint density at radius 2 is 2.44 bits per heavy atom. The van der Waals surface area contributed by atoms with Crippen molar-refractivity contribution in [2.24, 2.45) is 0 Å². The van der Waals surface area contributed by atoms with Crippen LogP contribution in [0.25, 0.3) is 0 Å². The van der Waals surface area contributed by atoms with Crippen LogP contribution < -0.4 is 5.32 Å². The van der Waals surface area contributed by atoms with Crippen molar-refractivity contribution >= 4 is 27.3 Å². The van der Waals surface area contributed by atoms with Crippen LogP contribution in [0, 0.1) is 6.92 Å². The molecule has 0 aliphatic rings. The van der Waals surface area contributed by atoms with E-state index in [2.05, 4.69) is 47.9 Å². The Bertz CT molecular complexity index is 409. The summed E-state index contributed by atoms with van der Waals surface area (Å²) < 4.78 is 1.15. The topological polar surface area (TPSA) is 53.6 Å². The minimum atomic E-state index is 0.858. The van der Waals surface area contributed by atoms with Gasteiger partial charge in [-0.15, -0.1) is 11.3 Å². The molecule has 0 aliphatic carbocycles. The molecule has 0 fully saturated rings. The van der Waals surface area contributed by atoms with Gasteiger partial charge in [0.1, 0.15) is 5.82 Å². The first kappa shape index (κ1) is 11.8. The van der Waals surface area contributed by atoms with Crippen LogP contribution in [0.5, 0.6) is 0 Å². The number of aryl methyl sites for hydroxylation is 1. The molecule has 0 saturated heterocycles. The monoisotopic (exact) mass is 300 g/mol. The van der Waals surface area contributed by atoms with E-state index in [1.807, 2.05) is 6.92 Å². The summed E-state index contributed by atoms with van der Waals surface area (Å²) in [6.07, 6.45) is 0.858. The Kier molecular flexibility index (Phi) is 4.09. The van der Waals surface area contributed by atoms with Gasteiger partial charge in [-0.2, -0.15) is 5.10 Å². The highest BCUT2D eigenvalue weighted by Crippen LogP contribution is 2.19. The lowest BCUT2D eigenvalue weighted by Crippen LogP contribution is -2.16. The Morgan fingerprint density at radius 3 is 3.06 bits per heavy atom. The van der Waals surface area contributed by atoms with Gasteiger partial charge in [-0.3, -0.25) is 5.10 Å². The molecule has 16 heavy (non-hydrogen) atoms. The molecule has 0 atom stereocenters. The fraction of sp³-hybridized carbons (Fsp3) is 0.400. The van der Waals surface area contributed by atoms with E-state index < -0.39 is 0 Å². The molecule has 0 radical (unpaired) electrons. The van der Waals surface area contributed by atoms with Crippen LogP contribution in [0.2, 0.25) is 0 Å². The second-order valence-electron chi connectivity index (χ2n) is 3.50. The van der Waals surface area contributed by atoms with Crippen LogP contribution in [-0.4, -0.2) is 21.7 Å². The van der Waals surface area contributed by atoms with Gasteiger partial charge in [0.25, 0.3) is 0 Å². The quantitative estimate of drug-likeness (QED) is 0.833. The summed E-state index contributed by atoms with van der Waals surface area (Å²) in [5.41, 5.74) is 0. The number of rotatable bonds is 5. The lowest BCUT2D eigenvalue weighted by Gasteiger charge is -1.99. The van der Waals surface area contributed by atoms with Gasteiger partial charge >= 0.3 is 0 Å². The molecule has 0 amide bonds. The maximum Gasteiger partial charge on any atom is 0.151 e. The van der Waals surface area contributed by atoms with Gasteiger partial charge in [0.2, 0.25) is 0 Å². The molecule has 0 aliphatic heterocycles. The Labute approximate surface area is 107 Å². The van der Waals surface area contributed by atoms with Crippen molar-refractivity contribution in [3.63, 3.8) is 0 Å². The van der Waals surface area contributed by atoms with E-state index in [-0.39, 0.29) is 0 Å². The molecule has 6 heteroatoms. The molecule has 0 spiro atoms. The first-order valence-electron chi connectivity index (χ1n) is 5.05. The maximum absolute atomic E-state index is 4.25. The summed E-state index contributed by atoms with van der Waals surface area (Å²) in [7, 11) is 0. The molecular weight excluding hydrogens is 288 g/mol. The number of hydrogen-bond acceptors (Lipinski definition) is 4. The Morgan fingerprint density at radius 1 is 1.56 bits per heavy atom. The van der Waals surface area contributed by atoms with Gasteiger partial charge in [0, 0.05) is 34.2 Å². The van der Waals surface area contributed by atoms with Crippen LogP contribution in [0.4, 0.5) is 0 Å². The minimum absolute atomic E-state index is 0.858. The van der Waals surface area contributed by atoms with Gasteiger partial charge in [0.05, 0.1) is 0 Å². The molecule has 2 aromatic heterocycles. The lowest BCUT2D eigenvalue weighted by atomic mass is 10.4. The molecule has 4 nitrogen and oxygen atoms in total. The second kappa shape index (κ2) is 5.56. The second-order valence-corrected chi connectivity index (χ2v) is 5.41. The molecular formula is C10H13BrN4S. The predicted molar refractivity (Wildman–Crippen MR) is 68.5 cm³/mol. The number of halogens is 1. The number of aromatic nitrogens is 3. The summed E-state index contributed by atoms with van der Waals surface area (Å²) in [6.45, 7) is 3.71. The Balaban J connectivity index is 1.69. The first-order chi connectivity index (χ1) is 7.74. The van der Waals surface area contributed by atoms with Crippen molar-refractivity contribution < 1.29 is 0 Å². The van der Waals surface area contributed by atoms with Crippen LogP contribution in [-0.2, 0) is 13.0 Å². The van der Waals surface area contributed by atoms with E-state index in [1.165, 1.54) is 4.88 Å². The van der Waals surface area contributed by atoms with E-state index in [1.54, 1.807) is 11.3 Å². The maximum atomic E-state index is 4.25. The highest BCUT2D eigenvalue weighted by atomic mass is 79.9. The van der Waals surface area contributed by atoms with Crippen LogP contribution in [0.15, 0.2) is 15.9 Å². The van der Waals surface area contributed by atoms with Gasteiger partial charge < -0.3 is 5.32 Å². The van der Waals surface area contributed by atoms with E-state index in [9.17, 15) is 0 Å². The van der Waals surface area contributed by atoms with E-state index in [4.69, 9.17) is 0 Å². The van der Waals surface area contributed by atoms with Crippen molar-refractivity contribution in [1.82, 2.24) is 20.5 Å². The van der Waals surface area contributed by atoms with Crippen molar-refractivity contribution in [2.45, 2.75) is 19.9 Å². The number of aromatic amines is 1. The molecule has 2 aromatic rings. The van der Waals surface area contributed by atoms with Crippen molar-refractivity contribution in [1.29, 1.82) is 0 Å². The fourth-order valence-electron chi connectivity index (χ4n) is 1.36. The van der Waals surface area contributed by atoms with Gasteiger partial charge in [-0.05, 0) is 28.9 Å². The summed E-state index contributed by atoms with van der Waals surface area (Å²) in [6, 6.07) is 2.13. The largest absolute Gasteiger partial charge is 0.311 e. The highest BCUT2D eigenvalue weighted by Gasteiger charge is 2.00. The SMILES string of the molecule is Cc1nc(CCNCc2cc(Br)cs2)n[nH]1. The van der Waals surface area contributed by atoms with Crippen molar-refractivity contribution in [3.8, 4) is 0 Å². The van der Waals surface area contributed by atoms with Crippen LogP contribution >= 0.6 is 27.3 Å². The molecule has 86 valence electrons. The van der Waals surface area contributed by atoms with Crippen LogP contribution in [0.3, 0.4) is 0 Å². The van der Waals surface area contributed by atoms with Crippen LogP contribution in [0.1, 0.15) is 16.5 Å². The van der Waals surface area contributed by atoms with E-state index in [0.29, 0.717) is 0 Å². The number of nitrogens with zero attached hydrogens (tertiary/aromatic N) is 2. The summed E-state index contributed by atoms with van der Waals surface area (Å²) in [4.78, 5) is 5.58. The lowest BCUT2D eigenvalue weighted by molar-refractivity contribution is 0.677. The van der Waals surface area contributed by atoms with E-state index in [0.717, 1.165) is 35.6 Å². The zero-order valence-electron chi connectivity index (χ0n) is 8.96. The van der Waals surface area contributed by atoms with Crippen molar-refractivity contribution in [3.05, 3.63) is 32.4 Å². The number of hydrogen-bond donors (Lipinski definition) is 2. The number of nitrogens with one attached hydrogen (secondary N) is 2. The third-order valence-corrected chi connectivity index (χ3v) is 3.79. The van der Waals surface area contributed by atoms with Gasteiger partial charge in [-0.25, -0.2) is 4.98 Å². The predicted octanol–water partition coefficient (Wildman–Crippen LogP) is 2.27. The average Bonchev–Trinajstić information content (AvgIpc) is 2.83. The minimum Gasteiger partial charge on any atom is -0.311 e. The molecule has 2 N–H and O–H groups in total. The first-order valence-corrected chi connectivity index (χ1v) is 6.73. The summed E-state index contributed by atoms with van der Waals surface area (Å²) in [5.74, 6) is 1.74. The zero-order chi connectivity index (χ0) is 11.4. The Hall–Kier alpha value is -0.720. The molecule has 0 saturated carbocycles. The smallest absolute Gasteiger partial charge is 0.151 e. The summed E-state index contributed by atoms with van der Waals surface area (Å²) in [5, 5.41) is 12.4. The number of H-pyrrole nitrogens is 1. The molecule has 0 aromatic carbocycles. The summed E-state index contributed by atoms with van der Waals surface area (Å²) >= 11 is 5.19. The average molecular weight is 301 g/mol. The van der Waals surface area contributed by atoms with Gasteiger partial charge in [0.15, 0.2) is 5.82 Å². The molecule has 2 rings (SSSR count). The standard InChI is InChI=1S/C10H13BrN4S/c1-7-13-10(15-14-7)2-3-12-5-9-4-8(11)6-16-9/h4,6,12H,2-3,5H2,1H3,(H,13,14,15). The molecule has 2 heterocycles. The normalized spacial score (nSPS) is 10.9. The zero-order valence-corrected chi connectivity index (χ0v) is 11.4. The third-order valence-electron chi connectivity index (χ3n) is 2.09. The van der Waals surface area contributed by atoms with E-state index >= 15 is 0 Å². The van der Waals surface area contributed by atoms with Crippen molar-refractivity contribution in [2.75, 3.05) is 6.54 Å². The fourth-order valence-corrected chi connectivity index (χ4v) is 2.78.